The van der Waals surface area contributed by atoms with E-state index in [1.54, 1.807) is 6.08 Å². The van der Waals surface area contributed by atoms with Gasteiger partial charge in [0.25, 0.3) is 5.79 Å². The Bertz CT molecular complexity index is 3110. The van der Waals surface area contributed by atoms with E-state index in [1.165, 1.54) is 154 Å². The third-order valence-electron chi connectivity index (χ3n) is 25.1. The number of rotatable bonds is 64. The van der Waals surface area contributed by atoms with E-state index in [-0.39, 0.29) is 6.42 Å². The fourth-order valence-electron chi connectivity index (χ4n) is 17.6. The molecule has 6 saturated heterocycles. The van der Waals surface area contributed by atoms with Crippen LogP contribution in [-0.2, 0) is 80.8 Å². The van der Waals surface area contributed by atoms with Gasteiger partial charge in [-0.05, 0) is 19.3 Å². The fourth-order valence-corrected chi connectivity index (χ4v) is 17.6. The van der Waals surface area contributed by atoms with Crippen molar-refractivity contribution >= 4 is 29.6 Å². The Kier molecular flexibility index (Phi) is 53.9. The van der Waals surface area contributed by atoms with Crippen LogP contribution >= 0.6 is 0 Å². The van der Waals surface area contributed by atoms with E-state index in [4.69, 9.17) is 56.8 Å². The molecule has 6 aliphatic rings. The van der Waals surface area contributed by atoms with Crippen LogP contribution in [0.3, 0.4) is 0 Å². The van der Waals surface area contributed by atoms with Crippen LogP contribution in [0.2, 0.25) is 0 Å². The number of aliphatic hydroxyl groups excluding tert-OH is 18. The summed E-state index contributed by atoms with van der Waals surface area (Å²) in [5.41, 5.74) is 0. The number of hydrogen-bond donors (Lipinski definition) is 23. The molecule has 0 bridgehead atoms. The standard InChI is InChI=1S/C89H160N4O36/c1-6-8-10-12-14-16-18-20-21-22-23-24-25-26-27-28-29-31-33-35-37-39-41-43-64(106)93-55(56(103)42-40-38-36-34-32-30-19-17-15-13-11-9-7-2)51-118-85-74(113)72(111)78(61(48-97)121-85)125-87-76(115)82(129-89(88(116)117)44-57(104)65(90-52(3)100)81(128-89)68(107)58(105)45-94)79(63(50-99)123-87)126-84-67(92-54(5)102)80(70(109)60(47-96)120-84)127-86-75(114)73(112)77(62(49-98)122-86)124-83-66(91-53(4)101)71(110)69(108)59(46-95)119-83/h40,42,55-63,65-87,94-99,103-105,107-115H,6-39,41,43-51H2,1-5H3,(H,90,100)(H,91,101)(H,92,102)(H,93,106)(H,116,117)/b42-40+/t55-,56+,57?,58+,59?,60?,61?,62?,63?,65+,66?,67?,68+,69-,70-,71+,72+,73+,74?,75?,76?,77-,78+,79-,80+,81?,82+,83-,84-,85+,86-,87-,89-/m0/s1. The van der Waals surface area contributed by atoms with Gasteiger partial charge in [0.2, 0.25) is 23.6 Å². The second-order valence-electron chi connectivity index (χ2n) is 35.6. The predicted molar refractivity (Wildman–Crippen MR) is 460 cm³/mol. The summed E-state index contributed by atoms with van der Waals surface area (Å²) < 4.78 is 72.7. The van der Waals surface area contributed by atoms with Crippen LogP contribution in [-0.4, -0.2) is 375 Å². The van der Waals surface area contributed by atoms with Crippen molar-refractivity contribution in [3.05, 3.63) is 12.2 Å². The van der Waals surface area contributed by atoms with Gasteiger partial charge in [-0.25, -0.2) is 4.79 Å². The first-order valence-corrected chi connectivity index (χ1v) is 47.6. The number of carbonyl (C=O) groups excluding carboxylic acids is 4. The Morgan fingerprint density at radius 3 is 1.22 bits per heavy atom. The highest BCUT2D eigenvalue weighted by atomic mass is 16.8. The molecule has 0 aromatic heterocycles. The van der Waals surface area contributed by atoms with Crippen LogP contribution in [0.1, 0.15) is 272 Å². The van der Waals surface area contributed by atoms with Gasteiger partial charge in [-0.3, -0.25) is 19.2 Å². The van der Waals surface area contributed by atoms with E-state index in [2.05, 4.69) is 35.1 Å². The van der Waals surface area contributed by atoms with Crippen molar-refractivity contribution in [2.24, 2.45) is 0 Å². The maximum absolute atomic E-state index is 14.0. The quantitative estimate of drug-likeness (QED) is 0.0282. The number of aliphatic carboxylic acids is 1. The second-order valence-corrected chi connectivity index (χ2v) is 35.6. The fraction of sp³-hybridized carbons (Fsp3) is 0.921. The molecule has 0 aromatic rings. The zero-order valence-corrected chi connectivity index (χ0v) is 76.2. The van der Waals surface area contributed by atoms with Gasteiger partial charge in [0, 0.05) is 33.6 Å². The Hall–Kier alpha value is -4.11. The highest BCUT2D eigenvalue weighted by molar-refractivity contribution is 5.77. The highest BCUT2D eigenvalue weighted by Crippen LogP contribution is 2.42. The number of carboxylic acid groups (broad SMARTS) is 1. The zero-order valence-electron chi connectivity index (χ0n) is 76.2. The number of carboxylic acids is 1. The predicted octanol–water partition coefficient (Wildman–Crippen LogP) is 0.0464. The van der Waals surface area contributed by atoms with E-state index in [1.807, 2.05) is 0 Å². The Morgan fingerprint density at radius 1 is 0.403 bits per heavy atom. The van der Waals surface area contributed by atoms with Crippen LogP contribution in [0.15, 0.2) is 12.2 Å². The SMILES string of the molecule is CCCCCCCCCCCCC/C=C/[C@@H](O)[C@H](CO[C@@H]1OC(CO)[C@@H](O[C@@H]2OC(CO)[C@H](O[C@@H]3OC(CO)[C@H](O)[C@H](O[C@@H]4OC(CO)[C@H](O[C@@H]5OC(CO)[C@H](O)[C@H](O)C5NC(C)=O)[C@H](O)C4O)C3NC(C)=O)[C@H](O[C@]3(C(=O)O)CC(O)[C@@H](NC(C)=O)C([C@H](O)[C@H](O)CO)O3)C2O)[C@H](O)C1O)NC(=O)CCCCCCCCCCCCCCCCCCCCCCCCC. The zero-order chi connectivity index (χ0) is 94.7. The van der Waals surface area contributed by atoms with Crippen molar-refractivity contribution in [3.63, 3.8) is 0 Å². The smallest absolute Gasteiger partial charge is 0.364 e. The minimum atomic E-state index is -3.45. The molecule has 129 heavy (non-hydrogen) atoms. The largest absolute Gasteiger partial charge is 0.477 e. The van der Waals surface area contributed by atoms with Crippen molar-refractivity contribution in [1.29, 1.82) is 0 Å². The lowest BCUT2D eigenvalue weighted by Crippen LogP contribution is -2.72. The van der Waals surface area contributed by atoms with Gasteiger partial charge < -0.3 is 175 Å². The molecule has 752 valence electrons. The maximum atomic E-state index is 14.0. The van der Waals surface area contributed by atoms with Crippen LogP contribution < -0.4 is 21.3 Å². The van der Waals surface area contributed by atoms with Gasteiger partial charge in [0.05, 0.1) is 70.5 Å². The van der Waals surface area contributed by atoms with Crippen molar-refractivity contribution in [3.8, 4) is 0 Å². The molecule has 40 nitrogen and oxygen atoms in total. The summed E-state index contributed by atoms with van der Waals surface area (Å²) >= 11 is 0. The van der Waals surface area contributed by atoms with Crippen molar-refractivity contribution < 1.29 is 178 Å². The molecule has 0 saturated carbocycles. The highest BCUT2D eigenvalue weighted by Gasteiger charge is 2.63. The number of unbranched alkanes of at least 4 members (excludes halogenated alkanes) is 33. The molecule has 0 aliphatic carbocycles. The molecule has 23 N–H and O–H groups in total. The summed E-state index contributed by atoms with van der Waals surface area (Å²) in [6, 6.07) is -6.62. The molecule has 6 aliphatic heterocycles. The van der Waals surface area contributed by atoms with Gasteiger partial charge in [-0.15, -0.1) is 0 Å². The third kappa shape index (κ3) is 36.1. The molecule has 40 heteroatoms. The van der Waals surface area contributed by atoms with Crippen LogP contribution in [0.4, 0.5) is 0 Å². The Morgan fingerprint density at radius 2 is 0.775 bits per heavy atom. The van der Waals surface area contributed by atoms with E-state index in [0.29, 0.717) is 12.8 Å². The van der Waals surface area contributed by atoms with Gasteiger partial charge in [0.1, 0.15) is 140 Å². The minimum absolute atomic E-state index is 0.114. The summed E-state index contributed by atoms with van der Waals surface area (Å²) in [5.74, 6) is -8.69. The van der Waals surface area contributed by atoms with E-state index < -0.39 is 284 Å². The molecule has 12 unspecified atom stereocenters. The van der Waals surface area contributed by atoms with E-state index >= 15 is 0 Å². The number of nitrogens with one attached hydrogen (secondary N) is 4. The normalized spacial score (nSPS) is 34.3. The van der Waals surface area contributed by atoms with Crippen molar-refractivity contribution in [2.45, 2.75) is 474 Å². The number of amides is 4. The molecular weight excluding hydrogens is 1700 g/mol. The second kappa shape index (κ2) is 61.2. The molecular formula is C89H160N4O36. The molecule has 6 heterocycles. The van der Waals surface area contributed by atoms with Crippen LogP contribution in [0.5, 0.6) is 0 Å². The Balaban J connectivity index is 1.20. The number of hydrogen-bond acceptors (Lipinski definition) is 35. The lowest BCUT2D eigenvalue weighted by molar-refractivity contribution is -0.404. The molecule has 0 radical (unpaired) electrons. The molecule has 6 rings (SSSR count). The van der Waals surface area contributed by atoms with E-state index in [9.17, 15) is 121 Å². The molecule has 4 amide bonds. The number of ether oxygens (including phenoxy) is 12. The number of aliphatic hydroxyl groups is 18. The maximum Gasteiger partial charge on any atom is 0.364 e. The minimum Gasteiger partial charge on any atom is -0.477 e. The van der Waals surface area contributed by atoms with Gasteiger partial charge in [-0.1, -0.05) is 231 Å². The average Bonchev–Trinajstić information content (AvgIpc) is 0.745. The first kappa shape index (κ1) is 114. The van der Waals surface area contributed by atoms with Gasteiger partial charge in [-0.2, -0.15) is 0 Å². The van der Waals surface area contributed by atoms with Gasteiger partial charge in [0.15, 0.2) is 31.5 Å². The average molecular weight is 1860 g/mol. The summed E-state index contributed by atoms with van der Waals surface area (Å²) in [5, 5.41) is 225. The molecule has 0 spiro atoms. The van der Waals surface area contributed by atoms with E-state index in [0.717, 1.165) is 85.0 Å². The summed E-state index contributed by atoms with van der Waals surface area (Å²) in [6.07, 6.45) is -15.2. The first-order chi connectivity index (χ1) is 61.9. The molecule has 0 aromatic carbocycles. The lowest BCUT2D eigenvalue weighted by atomic mass is 9.88. The lowest BCUT2D eigenvalue weighted by Gasteiger charge is -2.53. The summed E-state index contributed by atoms with van der Waals surface area (Å²) in [7, 11) is 0. The topological polar surface area (TPSA) is 629 Å². The van der Waals surface area contributed by atoms with Gasteiger partial charge >= 0.3 is 5.97 Å². The van der Waals surface area contributed by atoms with Crippen molar-refractivity contribution in [2.75, 3.05) is 46.2 Å². The molecule has 33 atom stereocenters. The van der Waals surface area contributed by atoms with Crippen LogP contribution in [0.25, 0.3) is 0 Å². The summed E-state index contributed by atoms with van der Waals surface area (Å²) in [4.78, 5) is 66.1. The number of allylic oxidation sites excluding steroid dienone is 1. The van der Waals surface area contributed by atoms with Crippen molar-refractivity contribution in [1.82, 2.24) is 21.3 Å². The summed E-state index contributed by atoms with van der Waals surface area (Å²) in [6.45, 7) is 0.0454. The Labute approximate surface area is 758 Å². The third-order valence-corrected chi connectivity index (χ3v) is 25.1. The van der Waals surface area contributed by atoms with Crippen LogP contribution in [0, 0.1) is 0 Å². The monoisotopic (exact) mass is 1860 g/mol. The first-order valence-electron chi connectivity index (χ1n) is 47.6. The number of carbonyl (C=O) groups is 5. The molecule has 6 fully saturated rings.